The number of hydrogen-bond acceptors (Lipinski definition) is 4. The van der Waals surface area contributed by atoms with Crippen molar-refractivity contribution in [3.05, 3.63) is 76.9 Å². The van der Waals surface area contributed by atoms with Crippen LogP contribution in [-0.4, -0.2) is 20.6 Å². The molecule has 0 bridgehead atoms. The van der Waals surface area contributed by atoms with E-state index in [1.54, 1.807) is 42.1 Å². The Kier molecular flexibility index (Phi) is 7.77. The first-order valence-electron chi connectivity index (χ1n) is 11.2. The van der Waals surface area contributed by atoms with Gasteiger partial charge < -0.3 is 19.7 Å². The monoisotopic (exact) mass is 489 g/mol. The number of rotatable bonds is 8. The van der Waals surface area contributed by atoms with Crippen LogP contribution in [0.4, 0.5) is 13.2 Å². The minimum atomic E-state index is -4.76. The normalized spacial score (nSPS) is 12.0. The Hall–Kier alpha value is -3.49. The lowest BCUT2D eigenvalue weighted by Crippen LogP contribution is -2.23. The number of alkyl halides is 3. The SMILES string of the molecule is Cn1cnc(C(=O)NCc2ccc(COc3ccc(CCC(C)(C)C)c(O)c3C(F)(F)F)cc2)c1. The van der Waals surface area contributed by atoms with Crippen molar-refractivity contribution in [1.82, 2.24) is 14.9 Å². The molecule has 3 aromatic rings. The molecule has 6 nitrogen and oxygen atoms in total. The minimum Gasteiger partial charge on any atom is -0.507 e. The van der Waals surface area contributed by atoms with Crippen LogP contribution in [0.1, 0.15) is 59.9 Å². The molecule has 0 unspecified atom stereocenters. The summed E-state index contributed by atoms with van der Waals surface area (Å²) < 4.78 is 48.4. The van der Waals surface area contributed by atoms with Crippen LogP contribution < -0.4 is 10.1 Å². The molecule has 2 aromatic carbocycles. The molecule has 0 aliphatic rings. The van der Waals surface area contributed by atoms with Gasteiger partial charge in [0.25, 0.3) is 5.91 Å². The molecule has 0 fully saturated rings. The summed E-state index contributed by atoms with van der Waals surface area (Å²) >= 11 is 0. The third kappa shape index (κ3) is 7.24. The summed E-state index contributed by atoms with van der Waals surface area (Å²) in [5.74, 6) is -1.50. The molecule has 0 atom stereocenters. The van der Waals surface area contributed by atoms with Gasteiger partial charge in [0.2, 0.25) is 0 Å². The molecule has 0 spiro atoms. The third-order valence-corrected chi connectivity index (χ3v) is 5.46. The topological polar surface area (TPSA) is 76.4 Å². The maximum Gasteiger partial charge on any atom is 0.423 e. The number of aryl methyl sites for hydroxylation is 2. The predicted molar refractivity (Wildman–Crippen MR) is 126 cm³/mol. The maximum absolute atomic E-state index is 13.7. The fraction of sp³-hybridized carbons (Fsp3) is 0.385. The first-order valence-corrected chi connectivity index (χ1v) is 11.2. The lowest BCUT2D eigenvalue weighted by Gasteiger charge is -2.21. The Balaban J connectivity index is 1.65. The first-order chi connectivity index (χ1) is 16.3. The highest BCUT2D eigenvalue weighted by Gasteiger charge is 2.39. The second-order valence-corrected chi connectivity index (χ2v) is 9.72. The van der Waals surface area contributed by atoms with Crippen molar-refractivity contribution in [2.24, 2.45) is 12.5 Å². The van der Waals surface area contributed by atoms with E-state index < -0.39 is 23.2 Å². The van der Waals surface area contributed by atoms with Gasteiger partial charge in [0.1, 0.15) is 29.4 Å². The molecule has 9 heteroatoms. The maximum atomic E-state index is 13.7. The van der Waals surface area contributed by atoms with Crippen LogP contribution in [-0.2, 0) is 32.8 Å². The molecule has 0 aliphatic carbocycles. The van der Waals surface area contributed by atoms with Crippen LogP contribution in [0.3, 0.4) is 0 Å². The molecule has 1 aromatic heterocycles. The zero-order valence-electron chi connectivity index (χ0n) is 20.2. The average molecular weight is 490 g/mol. The number of aromatic hydroxyl groups is 1. The van der Waals surface area contributed by atoms with Crippen LogP contribution in [0.25, 0.3) is 0 Å². The summed E-state index contributed by atoms with van der Waals surface area (Å²) in [6, 6.07) is 9.70. The summed E-state index contributed by atoms with van der Waals surface area (Å²) in [5.41, 5.74) is 0.789. The number of imidazole rings is 1. The third-order valence-electron chi connectivity index (χ3n) is 5.46. The lowest BCUT2D eigenvalue weighted by molar-refractivity contribution is -0.140. The molecule has 188 valence electrons. The Morgan fingerprint density at radius 3 is 2.31 bits per heavy atom. The van der Waals surface area contributed by atoms with E-state index >= 15 is 0 Å². The van der Waals surface area contributed by atoms with Crippen molar-refractivity contribution in [3.63, 3.8) is 0 Å². The van der Waals surface area contributed by atoms with E-state index in [0.29, 0.717) is 24.1 Å². The van der Waals surface area contributed by atoms with E-state index in [1.165, 1.54) is 18.5 Å². The number of aromatic nitrogens is 2. The van der Waals surface area contributed by atoms with Crippen molar-refractivity contribution in [2.75, 3.05) is 0 Å². The summed E-state index contributed by atoms with van der Waals surface area (Å²) in [6.45, 7) is 6.15. The highest BCUT2D eigenvalue weighted by Crippen LogP contribution is 2.44. The highest BCUT2D eigenvalue weighted by molar-refractivity contribution is 5.91. The van der Waals surface area contributed by atoms with Crippen LogP contribution >= 0.6 is 0 Å². The number of benzene rings is 2. The summed E-state index contributed by atoms with van der Waals surface area (Å²) in [7, 11) is 1.77. The molecule has 0 aliphatic heterocycles. The Morgan fingerprint density at radius 2 is 1.74 bits per heavy atom. The number of nitrogens with zero attached hydrogens (tertiary/aromatic N) is 2. The van der Waals surface area contributed by atoms with Gasteiger partial charge in [-0.15, -0.1) is 0 Å². The van der Waals surface area contributed by atoms with Gasteiger partial charge in [-0.25, -0.2) is 4.98 Å². The van der Waals surface area contributed by atoms with Crippen molar-refractivity contribution < 1.29 is 27.8 Å². The van der Waals surface area contributed by atoms with Crippen LogP contribution in [0.5, 0.6) is 11.5 Å². The second kappa shape index (κ2) is 10.4. The van der Waals surface area contributed by atoms with E-state index in [9.17, 15) is 23.1 Å². The van der Waals surface area contributed by atoms with Gasteiger partial charge >= 0.3 is 6.18 Å². The van der Waals surface area contributed by atoms with Gasteiger partial charge in [0.05, 0.1) is 6.33 Å². The number of carbonyl (C=O) groups is 1. The number of phenols is 1. The standard InChI is InChI=1S/C26H30F3N3O3/c1-25(2,3)12-11-19-9-10-21(22(23(19)33)26(27,28)29)35-15-18-7-5-17(6-8-18)13-30-24(34)20-14-32(4)16-31-20/h5-10,14,16,33H,11-13,15H2,1-4H3,(H,30,34). The van der Waals surface area contributed by atoms with E-state index in [2.05, 4.69) is 10.3 Å². The number of nitrogens with one attached hydrogen (secondary N) is 1. The van der Waals surface area contributed by atoms with Gasteiger partial charge in [-0.05, 0) is 41.0 Å². The van der Waals surface area contributed by atoms with Gasteiger partial charge in [-0.2, -0.15) is 13.2 Å². The van der Waals surface area contributed by atoms with Gasteiger partial charge in [-0.3, -0.25) is 4.79 Å². The first kappa shape index (κ1) is 26.1. The molecule has 1 amide bonds. The Labute approximate surface area is 202 Å². The van der Waals surface area contributed by atoms with E-state index in [4.69, 9.17) is 4.74 Å². The summed E-state index contributed by atoms with van der Waals surface area (Å²) in [5, 5.41) is 13.1. The number of phenolic OH excluding ortho intramolecular Hbond substituents is 1. The van der Waals surface area contributed by atoms with E-state index in [1.807, 2.05) is 20.8 Å². The molecular weight excluding hydrogens is 459 g/mol. The highest BCUT2D eigenvalue weighted by atomic mass is 19.4. The van der Waals surface area contributed by atoms with E-state index in [-0.39, 0.29) is 30.0 Å². The van der Waals surface area contributed by atoms with Gasteiger partial charge in [0.15, 0.2) is 0 Å². The number of amides is 1. The van der Waals surface area contributed by atoms with Gasteiger partial charge in [0, 0.05) is 19.8 Å². The number of ether oxygens (including phenoxy) is 1. The Morgan fingerprint density at radius 1 is 1.09 bits per heavy atom. The largest absolute Gasteiger partial charge is 0.507 e. The van der Waals surface area contributed by atoms with Gasteiger partial charge in [-0.1, -0.05) is 51.1 Å². The van der Waals surface area contributed by atoms with E-state index in [0.717, 1.165) is 5.56 Å². The van der Waals surface area contributed by atoms with Crippen molar-refractivity contribution in [1.29, 1.82) is 0 Å². The number of carbonyl (C=O) groups excluding carboxylic acids is 1. The molecule has 2 N–H and O–H groups in total. The molecule has 35 heavy (non-hydrogen) atoms. The fourth-order valence-electron chi connectivity index (χ4n) is 3.44. The molecular formula is C26H30F3N3O3. The zero-order chi connectivity index (χ0) is 25.8. The van der Waals surface area contributed by atoms with Crippen molar-refractivity contribution >= 4 is 5.91 Å². The number of halogens is 3. The van der Waals surface area contributed by atoms with Crippen molar-refractivity contribution in [2.45, 2.75) is 52.9 Å². The van der Waals surface area contributed by atoms with Crippen molar-refractivity contribution in [3.8, 4) is 11.5 Å². The molecule has 3 rings (SSSR count). The Bertz CT molecular complexity index is 1160. The zero-order valence-corrected chi connectivity index (χ0v) is 20.2. The average Bonchev–Trinajstić information content (AvgIpc) is 3.21. The quantitative estimate of drug-likeness (QED) is 0.430. The second-order valence-electron chi connectivity index (χ2n) is 9.72. The molecule has 0 saturated carbocycles. The predicted octanol–water partition coefficient (Wildman–Crippen LogP) is 5.63. The molecule has 0 radical (unpaired) electrons. The summed E-state index contributed by atoms with van der Waals surface area (Å²) in [6.07, 6.45) is -0.649. The van der Waals surface area contributed by atoms with Crippen LogP contribution in [0.15, 0.2) is 48.9 Å². The number of hydrogen-bond donors (Lipinski definition) is 2. The smallest absolute Gasteiger partial charge is 0.423 e. The van der Waals surface area contributed by atoms with Crippen LogP contribution in [0, 0.1) is 5.41 Å². The lowest BCUT2D eigenvalue weighted by atomic mass is 9.88. The summed E-state index contributed by atoms with van der Waals surface area (Å²) in [4.78, 5) is 16.1. The molecule has 0 saturated heterocycles. The van der Waals surface area contributed by atoms with Crippen LogP contribution in [0.2, 0.25) is 0 Å². The minimum absolute atomic E-state index is 0.0760. The molecule has 1 heterocycles. The fourth-order valence-corrected chi connectivity index (χ4v) is 3.44.